The zero-order valence-corrected chi connectivity index (χ0v) is 9.00. The first-order valence-corrected chi connectivity index (χ1v) is 5.35. The highest BCUT2D eigenvalue weighted by Crippen LogP contribution is 2.21. The monoisotopic (exact) mass is 212 g/mol. The van der Waals surface area contributed by atoms with Crippen molar-refractivity contribution in [2.24, 2.45) is 0 Å². The zero-order chi connectivity index (χ0) is 11.1. The molecule has 84 valence electrons. The Balaban J connectivity index is 2.31. The predicted octanol–water partition coefficient (Wildman–Crippen LogP) is 3.49. The van der Waals surface area contributed by atoms with Gasteiger partial charge in [-0.3, -0.25) is 0 Å². The molecular formula is C12H17FO2. The van der Waals surface area contributed by atoms with Gasteiger partial charge in [0.05, 0.1) is 6.61 Å². The number of rotatable bonds is 6. The van der Waals surface area contributed by atoms with Gasteiger partial charge in [-0.2, -0.15) is 0 Å². The lowest BCUT2D eigenvalue weighted by Crippen LogP contribution is -1.98. The number of hydrogen-bond donors (Lipinski definition) is 1. The van der Waals surface area contributed by atoms with Crippen molar-refractivity contribution in [3.05, 3.63) is 24.0 Å². The summed E-state index contributed by atoms with van der Waals surface area (Å²) < 4.78 is 18.4. The molecule has 1 rings (SSSR count). The van der Waals surface area contributed by atoms with E-state index in [-0.39, 0.29) is 11.5 Å². The number of ether oxygens (including phenoxy) is 1. The fourth-order valence-corrected chi connectivity index (χ4v) is 1.32. The Morgan fingerprint density at radius 3 is 2.73 bits per heavy atom. The van der Waals surface area contributed by atoms with Crippen molar-refractivity contribution in [1.29, 1.82) is 0 Å². The highest BCUT2D eigenvalue weighted by atomic mass is 19.1. The first-order chi connectivity index (χ1) is 7.24. The molecule has 15 heavy (non-hydrogen) atoms. The molecule has 0 heterocycles. The van der Waals surface area contributed by atoms with Gasteiger partial charge in [-0.15, -0.1) is 0 Å². The summed E-state index contributed by atoms with van der Waals surface area (Å²) in [6.07, 6.45) is 4.40. The Labute approximate surface area is 89.7 Å². The first kappa shape index (κ1) is 11.8. The quantitative estimate of drug-likeness (QED) is 0.731. The summed E-state index contributed by atoms with van der Waals surface area (Å²) in [6, 6.07) is 3.93. The molecular weight excluding hydrogens is 195 g/mol. The third-order valence-corrected chi connectivity index (χ3v) is 2.17. The van der Waals surface area contributed by atoms with Crippen LogP contribution in [-0.2, 0) is 0 Å². The highest BCUT2D eigenvalue weighted by molar-refractivity contribution is 5.31. The lowest BCUT2D eigenvalue weighted by Gasteiger charge is -2.06. The second-order valence-corrected chi connectivity index (χ2v) is 3.52. The van der Waals surface area contributed by atoms with Crippen LogP contribution in [0.3, 0.4) is 0 Å². The second kappa shape index (κ2) is 6.27. The fourth-order valence-electron chi connectivity index (χ4n) is 1.32. The number of aromatic hydroxyl groups is 1. The molecule has 0 aliphatic rings. The minimum Gasteiger partial charge on any atom is -0.508 e. The van der Waals surface area contributed by atoms with Crippen molar-refractivity contribution in [3.63, 3.8) is 0 Å². The molecule has 0 unspecified atom stereocenters. The molecule has 0 fully saturated rings. The molecule has 0 spiro atoms. The standard InChI is InChI=1S/C12H17FO2/c1-2-3-4-5-8-15-12-7-6-10(14)9-11(12)13/h6-7,9,14H,2-5,8H2,1H3. The van der Waals surface area contributed by atoms with E-state index in [1.54, 1.807) is 0 Å². The molecule has 0 aromatic heterocycles. The van der Waals surface area contributed by atoms with E-state index in [0.717, 1.165) is 18.9 Å². The molecule has 0 aliphatic carbocycles. The summed E-state index contributed by atoms with van der Waals surface area (Å²) in [4.78, 5) is 0. The molecule has 1 aromatic carbocycles. The minimum absolute atomic E-state index is 0.0779. The van der Waals surface area contributed by atoms with Gasteiger partial charge in [0.1, 0.15) is 5.75 Å². The average molecular weight is 212 g/mol. The van der Waals surface area contributed by atoms with Crippen molar-refractivity contribution in [2.45, 2.75) is 32.6 Å². The van der Waals surface area contributed by atoms with E-state index < -0.39 is 5.82 Å². The summed E-state index contributed by atoms with van der Waals surface area (Å²) in [7, 11) is 0. The predicted molar refractivity (Wildman–Crippen MR) is 57.7 cm³/mol. The van der Waals surface area contributed by atoms with Gasteiger partial charge < -0.3 is 9.84 Å². The molecule has 0 amide bonds. The maximum absolute atomic E-state index is 13.1. The van der Waals surface area contributed by atoms with Gasteiger partial charge in [0, 0.05) is 6.07 Å². The number of halogens is 1. The lowest BCUT2D eigenvalue weighted by molar-refractivity contribution is 0.289. The Kier molecular flexibility index (Phi) is 4.95. The van der Waals surface area contributed by atoms with Crippen molar-refractivity contribution in [1.82, 2.24) is 0 Å². The van der Waals surface area contributed by atoms with Crippen molar-refractivity contribution >= 4 is 0 Å². The van der Waals surface area contributed by atoms with Gasteiger partial charge in [-0.25, -0.2) is 4.39 Å². The lowest BCUT2D eigenvalue weighted by atomic mass is 10.2. The Hall–Kier alpha value is -1.25. The summed E-state index contributed by atoms with van der Waals surface area (Å²) >= 11 is 0. The molecule has 1 aromatic rings. The number of unbranched alkanes of at least 4 members (excludes halogenated alkanes) is 3. The van der Waals surface area contributed by atoms with Crippen LogP contribution in [0.25, 0.3) is 0 Å². The third kappa shape index (κ3) is 4.19. The van der Waals surface area contributed by atoms with Gasteiger partial charge in [-0.05, 0) is 18.6 Å². The maximum atomic E-state index is 13.1. The molecule has 0 saturated carbocycles. The van der Waals surface area contributed by atoms with Gasteiger partial charge >= 0.3 is 0 Å². The van der Waals surface area contributed by atoms with E-state index in [0.29, 0.717) is 6.61 Å². The molecule has 0 saturated heterocycles. The Morgan fingerprint density at radius 1 is 1.27 bits per heavy atom. The van der Waals surface area contributed by atoms with Crippen LogP contribution in [0.15, 0.2) is 18.2 Å². The molecule has 0 aliphatic heterocycles. The number of benzene rings is 1. The van der Waals surface area contributed by atoms with E-state index in [4.69, 9.17) is 9.84 Å². The zero-order valence-electron chi connectivity index (χ0n) is 9.00. The van der Waals surface area contributed by atoms with Crippen LogP contribution in [0.1, 0.15) is 32.6 Å². The van der Waals surface area contributed by atoms with Gasteiger partial charge in [0.25, 0.3) is 0 Å². The van der Waals surface area contributed by atoms with Gasteiger partial charge in [0.2, 0.25) is 0 Å². The van der Waals surface area contributed by atoms with Crippen molar-refractivity contribution < 1.29 is 14.2 Å². The van der Waals surface area contributed by atoms with Gasteiger partial charge in [-0.1, -0.05) is 26.2 Å². The topological polar surface area (TPSA) is 29.5 Å². The van der Waals surface area contributed by atoms with Crippen LogP contribution in [0, 0.1) is 5.82 Å². The Morgan fingerprint density at radius 2 is 2.07 bits per heavy atom. The van der Waals surface area contributed by atoms with E-state index in [2.05, 4.69) is 6.92 Å². The third-order valence-electron chi connectivity index (χ3n) is 2.17. The number of hydrogen-bond acceptors (Lipinski definition) is 2. The molecule has 0 atom stereocenters. The summed E-state index contributed by atoms with van der Waals surface area (Å²) in [5, 5.41) is 8.98. The molecule has 1 N–H and O–H groups in total. The van der Waals surface area contributed by atoms with E-state index >= 15 is 0 Å². The van der Waals surface area contributed by atoms with Crippen molar-refractivity contribution in [3.8, 4) is 11.5 Å². The average Bonchev–Trinajstić information content (AvgIpc) is 2.20. The molecule has 2 nitrogen and oxygen atoms in total. The van der Waals surface area contributed by atoms with E-state index in [1.165, 1.54) is 25.0 Å². The van der Waals surface area contributed by atoms with Crippen molar-refractivity contribution in [2.75, 3.05) is 6.61 Å². The molecule has 0 bridgehead atoms. The molecule has 0 radical (unpaired) electrons. The number of phenols is 1. The normalized spacial score (nSPS) is 10.3. The molecule has 3 heteroatoms. The SMILES string of the molecule is CCCCCCOc1ccc(O)cc1F. The van der Waals surface area contributed by atoms with Crippen LogP contribution in [0.5, 0.6) is 11.5 Å². The largest absolute Gasteiger partial charge is 0.508 e. The number of phenolic OH excluding ortho intramolecular Hbond substituents is 1. The highest BCUT2D eigenvalue weighted by Gasteiger charge is 2.03. The van der Waals surface area contributed by atoms with E-state index in [9.17, 15) is 4.39 Å². The smallest absolute Gasteiger partial charge is 0.168 e. The maximum Gasteiger partial charge on any atom is 0.168 e. The van der Waals surface area contributed by atoms with Crippen LogP contribution >= 0.6 is 0 Å². The van der Waals surface area contributed by atoms with Crippen LogP contribution < -0.4 is 4.74 Å². The second-order valence-electron chi connectivity index (χ2n) is 3.52. The summed E-state index contributed by atoms with van der Waals surface area (Å²) in [5.41, 5.74) is 0. The van der Waals surface area contributed by atoms with E-state index in [1.807, 2.05) is 0 Å². The summed E-state index contributed by atoms with van der Waals surface area (Å²) in [5.74, 6) is -0.374. The van der Waals surface area contributed by atoms with Crippen LogP contribution in [0.4, 0.5) is 4.39 Å². The van der Waals surface area contributed by atoms with Gasteiger partial charge in [0.15, 0.2) is 11.6 Å². The summed E-state index contributed by atoms with van der Waals surface area (Å²) in [6.45, 7) is 2.67. The van der Waals surface area contributed by atoms with Crippen LogP contribution in [-0.4, -0.2) is 11.7 Å². The minimum atomic E-state index is -0.509. The van der Waals surface area contributed by atoms with Crippen LogP contribution in [0.2, 0.25) is 0 Å². The fraction of sp³-hybridized carbons (Fsp3) is 0.500. The Bertz CT molecular complexity index is 300. The first-order valence-electron chi connectivity index (χ1n) is 5.35.